The maximum absolute atomic E-state index is 13.3. The van der Waals surface area contributed by atoms with Gasteiger partial charge in [-0.2, -0.15) is 0 Å². The molecule has 2 aliphatic rings. The predicted octanol–water partition coefficient (Wildman–Crippen LogP) is -1.12. The standard InChI is InChI=1S/C25H26O13/c26-9-3-1-8(2-4-9)13-5-10(27)14-19(32)15(24-21(34)17(30)11(28)6-36-24)20(33)16(23(14)38-13)25-22(35)18(31)12(29)7-37-25/h1-5,11-12,17-18,21-22,24-26,28-35H,6-7H2/t11-,12-,17-,18-,21+,22+,24+,25+/m0/s1. The Labute approximate surface area is 213 Å². The molecule has 0 bridgehead atoms. The van der Waals surface area contributed by atoms with E-state index in [2.05, 4.69) is 0 Å². The molecule has 2 aromatic carbocycles. The van der Waals surface area contributed by atoms with Gasteiger partial charge in [-0.15, -0.1) is 0 Å². The highest BCUT2D eigenvalue weighted by Crippen LogP contribution is 2.50. The van der Waals surface area contributed by atoms with Crippen LogP contribution in [0.2, 0.25) is 0 Å². The molecule has 204 valence electrons. The van der Waals surface area contributed by atoms with Crippen molar-refractivity contribution in [3.8, 4) is 28.6 Å². The third-order valence-corrected chi connectivity index (χ3v) is 6.92. The zero-order valence-electron chi connectivity index (χ0n) is 19.6. The summed E-state index contributed by atoms with van der Waals surface area (Å²) in [4.78, 5) is 13.3. The van der Waals surface area contributed by atoms with Crippen molar-refractivity contribution in [2.75, 3.05) is 13.2 Å². The first-order valence-electron chi connectivity index (χ1n) is 11.7. The number of rotatable bonds is 3. The van der Waals surface area contributed by atoms with Gasteiger partial charge in [-0.3, -0.25) is 4.79 Å². The molecule has 2 fully saturated rings. The molecule has 0 spiro atoms. The smallest absolute Gasteiger partial charge is 0.197 e. The second kappa shape index (κ2) is 9.80. The van der Waals surface area contributed by atoms with Gasteiger partial charge in [0.05, 0.1) is 24.3 Å². The van der Waals surface area contributed by atoms with Crippen LogP contribution >= 0.6 is 0 Å². The lowest BCUT2D eigenvalue weighted by atomic mass is 9.87. The Morgan fingerprint density at radius 3 is 1.76 bits per heavy atom. The predicted molar refractivity (Wildman–Crippen MR) is 126 cm³/mol. The zero-order valence-corrected chi connectivity index (χ0v) is 19.6. The van der Waals surface area contributed by atoms with Crippen molar-refractivity contribution in [1.29, 1.82) is 0 Å². The van der Waals surface area contributed by atoms with Crippen LogP contribution in [0, 0.1) is 0 Å². The Morgan fingerprint density at radius 1 is 0.684 bits per heavy atom. The molecule has 9 N–H and O–H groups in total. The maximum Gasteiger partial charge on any atom is 0.197 e. The summed E-state index contributed by atoms with van der Waals surface area (Å²) in [6.07, 6.45) is -13.3. The molecule has 1 aromatic heterocycles. The minimum atomic E-state index is -1.85. The van der Waals surface area contributed by atoms with Gasteiger partial charge in [-0.25, -0.2) is 0 Å². The van der Waals surface area contributed by atoms with Gasteiger partial charge in [0.2, 0.25) is 0 Å². The first-order valence-corrected chi connectivity index (χ1v) is 11.7. The van der Waals surface area contributed by atoms with Crippen molar-refractivity contribution < 1.29 is 59.8 Å². The lowest BCUT2D eigenvalue weighted by Crippen LogP contribution is -2.49. The average Bonchev–Trinajstić information content (AvgIpc) is 2.88. The number of phenols is 3. The number of hydrogen-bond acceptors (Lipinski definition) is 13. The van der Waals surface area contributed by atoms with Gasteiger partial charge in [0.15, 0.2) is 11.0 Å². The molecule has 2 aliphatic heterocycles. The van der Waals surface area contributed by atoms with E-state index in [4.69, 9.17) is 13.9 Å². The monoisotopic (exact) mass is 534 g/mol. The molecule has 3 aromatic rings. The molecule has 0 amide bonds. The largest absolute Gasteiger partial charge is 0.508 e. The summed E-state index contributed by atoms with van der Waals surface area (Å²) in [7, 11) is 0. The number of benzene rings is 2. The molecule has 13 nitrogen and oxygen atoms in total. The zero-order chi connectivity index (χ0) is 27.5. The average molecular weight is 534 g/mol. The fraction of sp³-hybridized carbons (Fsp3) is 0.400. The van der Waals surface area contributed by atoms with Crippen LogP contribution in [0.4, 0.5) is 0 Å². The van der Waals surface area contributed by atoms with E-state index < -0.39 is 101 Å². The second-order valence-electron chi connectivity index (χ2n) is 9.36. The number of aliphatic hydroxyl groups is 6. The van der Waals surface area contributed by atoms with Crippen LogP contribution in [0.15, 0.2) is 39.5 Å². The van der Waals surface area contributed by atoms with Gasteiger partial charge >= 0.3 is 0 Å². The molecular formula is C25H26O13. The third-order valence-electron chi connectivity index (χ3n) is 6.92. The number of hydrogen-bond donors (Lipinski definition) is 9. The van der Waals surface area contributed by atoms with Crippen LogP contribution in [0.3, 0.4) is 0 Å². The third kappa shape index (κ3) is 4.19. The Morgan fingerprint density at radius 2 is 1.21 bits per heavy atom. The van der Waals surface area contributed by atoms with E-state index in [9.17, 15) is 50.8 Å². The van der Waals surface area contributed by atoms with Gasteiger partial charge in [-0.05, 0) is 24.3 Å². The fourth-order valence-corrected chi connectivity index (χ4v) is 4.83. The molecule has 13 heteroatoms. The lowest BCUT2D eigenvalue weighted by molar-refractivity contribution is -0.191. The minimum absolute atomic E-state index is 0.0475. The summed E-state index contributed by atoms with van der Waals surface area (Å²) in [6.45, 7) is -0.966. The molecule has 0 unspecified atom stereocenters. The van der Waals surface area contributed by atoms with Crippen LogP contribution < -0.4 is 5.43 Å². The first kappa shape index (κ1) is 26.3. The van der Waals surface area contributed by atoms with Crippen LogP contribution in [0.5, 0.6) is 17.2 Å². The molecular weight excluding hydrogens is 508 g/mol. The highest BCUT2D eigenvalue weighted by atomic mass is 16.5. The lowest BCUT2D eigenvalue weighted by Gasteiger charge is -2.38. The molecule has 3 heterocycles. The number of aromatic hydroxyl groups is 3. The Bertz CT molecular complexity index is 1400. The topological polar surface area (TPSA) is 231 Å². The molecule has 38 heavy (non-hydrogen) atoms. The molecule has 2 saturated heterocycles. The summed E-state index contributed by atoms with van der Waals surface area (Å²) in [5.74, 6) is -1.80. The second-order valence-corrected chi connectivity index (χ2v) is 9.36. The molecule has 5 rings (SSSR count). The number of fused-ring (bicyclic) bond motifs is 1. The van der Waals surface area contributed by atoms with Crippen molar-refractivity contribution in [3.05, 3.63) is 51.7 Å². The van der Waals surface area contributed by atoms with Crippen LogP contribution in [0.1, 0.15) is 23.3 Å². The Balaban J connectivity index is 1.80. The number of aliphatic hydroxyl groups excluding tert-OH is 6. The molecule has 0 radical (unpaired) electrons. The quantitative estimate of drug-likeness (QED) is 0.194. The highest BCUT2D eigenvalue weighted by molar-refractivity contribution is 5.91. The van der Waals surface area contributed by atoms with Crippen LogP contribution in [-0.4, -0.2) is 95.8 Å². The van der Waals surface area contributed by atoms with Crippen molar-refractivity contribution >= 4 is 11.0 Å². The van der Waals surface area contributed by atoms with E-state index >= 15 is 0 Å². The summed E-state index contributed by atoms with van der Waals surface area (Å²) in [5.41, 5.74) is -1.86. The number of ether oxygens (including phenoxy) is 2. The Kier molecular flexibility index (Phi) is 6.79. The van der Waals surface area contributed by atoms with E-state index in [1.54, 1.807) is 0 Å². The SMILES string of the molecule is O=c1cc(-c2ccc(O)cc2)oc2c([C@H]3OC[C@H](O)[C@H](O)[C@H]3O)c(O)c([C@H]3OC[C@H](O)[C@H](O)[C@H]3O)c(O)c12. The number of phenolic OH excluding ortho intramolecular Hbond substituents is 3. The fourth-order valence-electron chi connectivity index (χ4n) is 4.83. The maximum atomic E-state index is 13.3. The Hall–Kier alpha value is -3.27. The van der Waals surface area contributed by atoms with Crippen molar-refractivity contribution in [2.45, 2.75) is 48.8 Å². The highest BCUT2D eigenvalue weighted by Gasteiger charge is 2.46. The van der Waals surface area contributed by atoms with Crippen molar-refractivity contribution in [2.24, 2.45) is 0 Å². The summed E-state index contributed by atoms with van der Waals surface area (Å²) in [5, 5.41) is 93.1. The molecule has 8 atom stereocenters. The van der Waals surface area contributed by atoms with Crippen molar-refractivity contribution in [3.63, 3.8) is 0 Å². The minimum Gasteiger partial charge on any atom is -0.508 e. The summed E-state index contributed by atoms with van der Waals surface area (Å²) >= 11 is 0. The van der Waals surface area contributed by atoms with Gasteiger partial charge < -0.3 is 59.8 Å². The van der Waals surface area contributed by atoms with Gasteiger partial charge in [0.1, 0.15) is 77.2 Å². The van der Waals surface area contributed by atoms with E-state index in [1.807, 2.05) is 0 Å². The van der Waals surface area contributed by atoms with Crippen LogP contribution in [0.25, 0.3) is 22.3 Å². The van der Waals surface area contributed by atoms with E-state index in [0.717, 1.165) is 6.07 Å². The van der Waals surface area contributed by atoms with E-state index in [-0.39, 0.29) is 11.5 Å². The normalized spacial score (nSPS) is 31.9. The molecule has 0 aliphatic carbocycles. The summed E-state index contributed by atoms with van der Waals surface area (Å²) < 4.78 is 16.8. The summed E-state index contributed by atoms with van der Waals surface area (Å²) in [6, 6.07) is 6.60. The van der Waals surface area contributed by atoms with Gasteiger partial charge in [-0.1, -0.05) is 0 Å². The van der Waals surface area contributed by atoms with Gasteiger partial charge in [0, 0.05) is 11.6 Å². The van der Waals surface area contributed by atoms with Crippen molar-refractivity contribution in [1.82, 2.24) is 0 Å². The van der Waals surface area contributed by atoms with E-state index in [0.29, 0.717) is 5.56 Å². The van der Waals surface area contributed by atoms with E-state index in [1.165, 1.54) is 24.3 Å². The van der Waals surface area contributed by atoms with Gasteiger partial charge in [0.25, 0.3) is 0 Å². The first-order chi connectivity index (χ1) is 18.0. The molecule has 0 saturated carbocycles. The van der Waals surface area contributed by atoms with Crippen LogP contribution in [-0.2, 0) is 9.47 Å².